The minimum atomic E-state index is -1.78. The van der Waals surface area contributed by atoms with Crippen molar-refractivity contribution in [2.24, 2.45) is 0 Å². The molecule has 2 aromatic carbocycles. The van der Waals surface area contributed by atoms with Gasteiger partial charge in [-0.25, -0.2) is 18.4 Å². The first-order valence-electron chi connectivity index (χ1n) is 8.24. The zero-order valence-electron chi connectivity index (χ0n) is 14.9. The maximum Gasteiger partial charge on any atom is 0.269 e. The van der Waals surface area contributed by atoms with Gasteiger partial charge >= 0.3 is 0 Å². The van der Waals surface area contributed by atoms with Gasteiger partial charge < -0.3 is 10.0 Å². The summed E-state index contributed by atoms with van der Waals surface area (Å²) < 4.78 is 29.1. The van der Waals surface area contributed by atoms with Crippen molar-refractivity contribution in [1.29, 1.82) is 0 Å². The van der Waals surface area contributed by atoms with E-state index in [1.54, 1.807) is 11.9 Å². The predicted octanol–water partition coefficient (Wildman–Crippen LogP) is 2.49. The summed E-state index contributed by atoms with van der Waals surface area (Å²) in [6.45, 7) is -0.222. The molecule has 28 heavy (non-hydrogen) atoms. The number of nitro benzene ring substituents is 1. The number of rotatable bonds is 7. The Hall–Kier alpha value is -3.40. The Morgan fingerprint density at radius 1 is 1.25 bits per heavy atom. The second-order valence-electron chi connectivity index (χ2n) is 6.38. The normalized spacial score (nSPS) is 13.1. The molecule has 0 aliphatic carbocycles. The third kappa shape index (κ3) is 4.12. The molecule has 0 bridgehead atoms. The number of non-ortho nitro benzene ring substituents is 1. The van der Waals surface area contributed by atoms with E-state index in [0.717, 1.165) is 6.07 Å². The van der Waals surface area contributed by atoms with Crippen molar-refractivity contribution >= 4 is 11.4 Å². The zero-order chi connectivity index (χ0) is 20.3. The van der Waals surface area contributed by atoms with Crippen molar-refractivity contribution in [2.45, 2.75) is 12.1 Å². The van der Waals surface area contributed by atoms with Gasteiger partial charge in [0.15, 0.2) is 0 Å². The summed E-state index contributed by atoms with van der Waals surface area (Å²) in [5.74, 6) is -1.65. The lowest BCUT2D eigenvalue weighted by Gasteiger charge is -2.34. The van der Waals surface area contributed by atoms with Crippen LogP contribution in [0.25, 0.3) is 0 Å². The van der Waals surface area contributed by atoms with Crippen LogP contribution in [0.1, 0.15) is 5.56 Å². The van der Waals surface area contributed by atoms with E-state index in [9.17, 15) is 24.0 Å². The van der Waals surface area contributed by atoms with Gasteiger partial charge in [0, 0.05) is 36.5 Å². The number of anilines is 1. The van der Waals surface area contributed by atoms with Crippen LogP contribution >= 0.6 is 0 Å². The standard InChI is InChI=1S/C18H17F2N5O3/c1-23(14-3-5-15(6-4-14)25(27)28)9-18(26,10-24-12-21-11-22-24)16-7-2-13(19)8-17(16)20/h2-8,11-12,26H,9-10H2,1H3. The van der Waals surface area contributed by atoms with Gasteiger partial charge in [0.25, 0.3) is 5.69 Å². The van der Waals surface area contributed by atoms with Crippen molar-refractivity contribution in [3.63, 3.8) is 0 Å². The third-order valence-corrected chi connectivity index (χ3v) is 4.32. The lowest BCUT2D eigenvalue weighted by molar-refractivity contribution is -0.384. The van der Waals surface area contributed by atoms with Gasteiger partial charge in [0.05, 0.1) is 18.0 Å². The number of aromatic nitrogens is 3. The number of nitrogens with zero attached hydrogens (tertiary/aromatic N) is 5. The Morgan fingerprint density at radius 2 is 1.96 bits per heavy atom. The van der Waals surface area contributed by atoms with Crippen LogP contribution in [0.5, 0.6) is 0 Å². The minimum absolute atomic E-state index is 0.0698. The molecule has 0 aliphatic heterocycles. The van der Waals surface area contributed by atoms with Gasteiger partial charge in [-0.3, -0.25) is 10.1 Å². The van der Waals surface area contributed by atoms with Gasteiger partial charge in [0.2, 0.25) is 0 Å². The first-order valence-corrected chi connectivity index (χ1v) is 8.24. The summed E-state index contributed by atoms with van der Waals surface area (Å²) in [7, 11) is 1.65. The highest BCUT2D eigenvalue weighted by molar-refractivity contribution is 5.51. The average Bonchev–Trinajstić information content (AvgIpc) is 3.14. The quantitative estimate of drug-likeness (QED) is 0.493. The maximum absolute atomic E-state index is 14.4. The summed E-state index contributed by atoms with van der Waals surface area (Å²) >= 11 is 0. The number of hydrogen-bond acceptors (Lipinski definition) is 6. The van der Waals surface area contributed by atoms with Crippen molar-refractivity contribution in [2.75, 3.05) is 18.5 Å². The maximum atomic E-state index is 14.4. The van der Waals surface area contributed by atoms with Crippen molar-refractivity contribution in [1.82, 2.24) is 14.8 Å². The molecule has 0 fully saturated rings. The molecule has 0 spiro atoms. The molecular formula is C18H17F2N5O3. The van der Waals surface area contributed by atoms with Crippen molar-refractivity contribution in [3.8, 4) is 0 Å². The molecule has 146 valence electrons. The Morgan fingerprint density at radius 3 is 2.54 bits per heavy atom. The van der Waals surface area contributed by atoms with E-state index >= 15 is 0 Å². The van der Waals surface area contributed by atoms with Gasteiger partial charge in [0.1, 0.15) is 29.9 Å². The van der Waals surface area contributed by atoms with E-state index in [1.165, 1.54) is 47.7 Å². The molecule has 1 atom stereocenters. The summed E-state index contributed by atoms with van der Waals surface area (Å²) in [5.41, 5.74) is -1.37. The van der Waals surface area contributed by atoms with Crippen molar-refractivity contribution < 1.29 is 18.8 Å². The summed E-state index contributed by atoms with van der Waals surface area (Å²) in [6.07, 6.45) is 2.65. The number of likely N-dealkylation sites (N-methyl/N-ethyl adjacent to an activating group) is 1. The smallest absolute Gasteiger partial charge is 0.269 e. The van der Waals surface area contributed by atoms with Crippen LogP contribution in [0.4, 0.5) is 20.2 Å². The Bertz CT molecular complexity index is 966. The molecule has 0 saturated heterocycles. The predicted molar refractivity (Wildman–Crippen MR) is 96.6 cm³/mol. The second kappa shape index (κ2) is 7.69. The van der Waals surface area contributed by atoms with Gasteiger partial charge in [-0.2, -0.15) is 5.10 Å². The highest BCUT2D eigenvalue weighted by atomic mass is 19.1. The van der Waals surface area contributed by atoms with E-state index in [1.807, 2.05) is 0 Å². The first-order chi connectivity index (χ1) is 13.3. The number of aliphatic hydroxyl groups is 1. The van der Waals surface area contributed by atoms with Crippen LogP contribution in [0.3, 0.4) is 0 Å². The first kappa shape index (κ1) is 19.4. The molecule has 10 heteroatoms. The molecule has 1 unspecified atom stereocenters. The van der Waals surface area contributed by atoms with E-state index in [-0.39, 0.29) is 24.3 Å². The Balaban J connectivity index is 1.93. The minimum Gasteiger partial charge on any atom is -0.381 e. The van der Waals surface area contributed by atoms with Gasteiger partial charge in [-0.05, 0) is 18.2 Å². The molecule has 0 saturated carbocycles. The molecule has 0 radical (unpaired) electrons. The fourth-order valence-corrected chi connectivity index (χ4v) is 2.98. The van der Waals surface area contributed by atoms with E-state index in [4.69, 9.17) is 0 Å². The topological polar surface area (TPSA) is 97.3 Å². The molecular weight excluding hydrogens is 372 g/mol. The lowest BCUT2D eigenvalue weighted by atomic mass is 9.92. The number of halogens is 2. The van der Waals surface area contributed by atoms with Crippen LogP contribution < -0.4 is 4.90 Å². The van der Waals surface area contributed by atoms with Crippen molar-refractivity contribution in [3.05, 3.63) is 82.4 Å². The Kier molecular flexibility index (Phi) is 5.32. The molecule has 1 N–H and O–H groups in total. The third-order valence-electron chi connectivity index (χ3n) is 4.32. The summed E-state index contributed by atoms with van der Waals surface area (Å²) in [6, 6.07) is 8.67. The molecule has 3 aromatic rings. The van der Waals surface area contributed by atoms with Crippen LogP contribution in [0.15, 0.2) is 55.1 Å². The monoisotopic (exact) mass is 389 g/mol. The van der Waals surface area contributed by atoms with E-state index in [0.29, 0.717) is 11.8 Å². The zero-order valence-corrected chi connectivity index (χ0v) is 14.9. The highest BCUT2D eigenvalue weighted by Crippen LogP contribution is 2.29. The fraction of sp³-hybridized carbons (Fsp3) is 0.222. The lowest BCUT2D eigenvalue weighted by Crippen LogP contribution is -2.43. The molecule has 3 rings (SSSR count). The number of hydrogen-bond donors (Lipinski definition) is 1. The molecule has 0 amide bonds. The second-order valence-corrected chi connectivity index (χ2v) is 6.38. The summed E-state index contributed by atoms with van der Waals surface area (Å²) in [5, 5.41) is 26.0. The average molecular weight is 389 g/mol. The number of nitro groups is 1. The van der Waals surface area contributed by atoms with Gasteiger partial charge in [-0.1, -0.05) is 6.07 Å². The largest absolute Gasteiger partial charge is 0.381 e. The molecule has 1 heterocycles. The fourth-order valence-electron chi connectivity index (χ4n) is 2.98. The van der Waals surface area contributed by atoms with E-state index < -0.39 is 22.2 Å². The molecule has 1 aromatic heterocycles. The highest BCUT2D eigenvalue weighted by Gasteiger charge is 2.35. The molecule has 0 aliphatic rings. The van der Waals surface area contributed by atoms with E-state index in [2.05, 4.69) is 10.1 Å². The summed E-state index contributed by atoms with van der Waals surface area (Å²) in [4.78, 5) is 15.7. The Labute approximate surface area is 158 Å². The number of benzene rings is 2. The van der Waals surface area contributed by atoms with Crippen LogP contribution in [0.2, 0.25) is 0 Å². The SMILES string of the molecule is CN(CC(O)(Cn1cncn1)c1ccc(F)cc1F)c1ccc([N+](=O)[O-])cc1. The van der Waals surface area contributed by atoms with Crippen LogP contribution in [-0.2, 0) is 12.1 Å². The van der Waals surface area contributed by atoms with Crippen LogP contribution in [0, 0.1) is 21.7 Å². The van der Waals surface area contributed by atoms with Gasteiger partial charge in [-0.15, -0.1) is 0 Å². The van der Waals surface area contributed by atoms with Crippen LogP contribution in [-0.4, -0.2) is 38.4 Å². The molecule has 8 nitrogen and oxygen atoms in total.